The van der Waals surface area contributed by atoms with Crippen molar-refractivity contribution in [3.8, 4) is 0 Å². The van der Waals surface area contributed by atoms with Crippen LogP contribution in [0.4, 0.5) is 0 Å². The van der Waals surface area contributed by atoms with E-state index in [0.29, 0.717) is 58.0 Å². The van der Waals surface area contributed by atoms with Crippen LogP contribution in [-0.4, -0.2) is 133 Å². The molecule has 0 spiro atoms. The van der Waals surface area contributed by atoms with Gasteiger partial charge in [-0.2, -0.15) is 0 Å². The molecular formula is C26H51N5O10. The fourth-order valence-corrected chi connectivity index (χ4v) is 6.26. The van der Waals surface area contributed by atoms with Crippen molar-refractivity contribution in [2.24, 2.45) is 34.6 Å². The maximum Gasteiger partial charge on any atom is 0.187 e. The average molecular weight is 594 g/mol. The van der Waals surface area contributed by atoms with E-state index in [1.165, 1.54) is 0 Å². The molecule has 0 aromatic rings. The lowest BCUT2D eigenvalue weighted by molar-refractivity contribution is -0.291. The zero-order chi connectivity index (χ0) is 29.7. The quantitative estimate of drug-likeness (QED) is 0.105. The monoisotopic (exact) mass is 593 g/mol. The summed E-state index contributed by atoms with van der Waals surface area (Å²) < 4.78 is 36.2. The van der Waals surface area contributed by atoms with Gasteiger partial charge in [0.25, 0.3) is 0 Å². The second-order valence-electron chi connectivity index (χ2n) is 11.7. The molecule has 4 aliphatic rings. The van der Waals surface area contributed by atoms with Gasteiger partial charge >= 0.3 is 0 Å². The van der Waals surface area contributed by atoms with E-state index in [1.807, 2.05) is 0 Å². The lowest BCUT2D eigenvalue weighted by atomic mass is 9.77. The van der Waals surface area contributed by atoms with Crippen LogP contribution in [0.2, 0.25) is 0 Å². The van der Waals surface area contributed by atoms with Crippen molar-refractivity contribution < 1.29 is 48.8 Å². The van der Waals surface area contributed by atoms with Crippen LogP contribution in [0.1, 0.15) is 44.9 Å². The standard InChI is InChI=1S/C26H51N5O10/c27-9-13-3-5-15(29)24(36-13)39-21-17(31)8-12(2-1-7-32)19(34)23(21)41-26-20(35)22(18(11-33)38-26)40-25-16(30)6-4-14(10-28)37-25/h12-26,32-35H,1-11,27-31H2/t12-,13+,14-,15-,16-,17+,18-,19+,20-,21-,22-,23-,24-,25-,26+/m1/s1. The zero-order valence-corrected chi connectivity index (χ0v) is 23.6. The Balaban J connectivity index is 1.50. The van der Waals surface area contributed by atoms with E-state index in [0.717, 1.165) is 0 Å². The van der Waals surface area contributed by atoms with Crippen LogP contribution in [0.25, 0.3) is 0 Å². The Labute approximate surface area is 240 Å². The molecule has 3 heterocycles. The summed E-state index contributed by atoms with van der Waals surface area (Å²) in [4.78, 5) is 0. The average Bonchev–Trinajstić information content (AvgIpc) is 3.27. The van der Waals surface area contributed by atoms with Crippen LogP contribution in [0.5, 0.6) is 0 Å². The Morgan fingerprint density at radius 1 is 0.659 bits per heavy atom. The number of rotatable bonds is 12. The topological polar surface area (TPSA) is 266 Å². The predicted octanol–water partition coefficient (Wildman–Crippen LogP) is -3.72. The molecule has 4 rings (SSSR count). The van der Waals surface area contributed by atoms with E-state index in [1.54, 1.807) is 0 Å². The maximum atomic E-state index is 11.4. The summed E-state index contributed by atoms with van der Waals surface area (Å²) in [5.74, 6) is -0.305. The van der Waals surface area contributed by atoms with E-state index >= 15 is 0 Å². The summed E-state index contributed by atoms with van der Waals surface area (Å²) in [7, 11) is 0. The largest absolute Gasteiger partial charge is 0.396 e. The molecule has 15 atom stereocenters. The highest BCUT2D eigenvalue weighted by molar-refractivity contribution is 4.99. The third-order valence-electron chi connectivity index (χ3n) is 8.74. The number of aliphatic hydroxyl groups is 4. The SMILES string of the molecule is NC[C@@H]1CC[C@@H](N)[C@@H](O[C@H]2[C@H](O[C@@H]3O[C@H](CO)[C@@H](O[C@H]4O[C@@H](CN)CC[C@H]4N)[C@H]3O)[C@@H](O)[C@H](CCCO)C[C@@H]2N)O1. The molecule has 4 fully saturated rings. The van der Waals surface area contributed by atoms with E-state index in [9.17, 15) is 20.4 Å². The molecule has 41 heavy (non-hydrogen) atoms. The van der Waals surface area contributed by atoms with Gasteiger partial charge in [0.2, 0.25) is 0 Å². The Morgan fingerprint density at radius 3 is 1.76 bits per heavy atom. The molecule has 0 bridgehead atoms. The molecule has 0 radical (unpaired) electrons. The highest BCUT2D eigenvalue weighted by atomic mass is 16.8. The van der Waals surface area contributed by atoms with Crippen molar-refractivity contribution >= 4 is 0 Å². The summed E-state index contributed by atoms with van der Waals surface area (Å²) in [6.45, 7) is 0.0973. The molecule has 1 saturated carbocycles. The lowest BCUT2D eigenvalue weighted by Gasteiger charge is -2.46. The molecule has 0 amide bonds. The van der Waals surface area contributed by atoms with E-state index in [4.69, 9.17) is 57.1 Å². The second kappa shape index (κ2) is 15.4. The van der Waals surface area contributed by atoms with E-state index in [2.05, 4.69) is 0 Å². The number of hydrogen-bond acceptors (Lipinski definition) is 15. The highest BCUT2D eigenvalue weighted by Gasteiger charge is 2.52. The van der Waals surface area contributed by atoms with Gasteiger partial charge in [-0.25, -0.2) is 0 Å². The number of ether oxygens (including phenoxy) is 6. The Morgan fingerprint density at radius 2 is 1.22 bits per heavy atom. The molecule has 0 aromatic heterocycles. The normalized spacial score (nSPS) is 47.5. The number of hydrogen-bond donors (Lipinski definition) is 9. The van der Waals surface area contributed by atoms with E-state index in [-0.39, 0.29) is 24.7 Å². The molecule has 15 nitrogen and oxygen atoms in total. The van der Waals surface area contributed by atoms with Gasteiger partial charge in [0.05, 0.1) is 37.0 Å². The van der Waals surface area contributed by atoms with Crippen LogP contribution < -0.4 is 28.7 Å². The summed E-state index contributed by atoms with van der Waals surface area (Å²) in [6, 6.07) is -1.47. The van der Waals surface area contributed by atoms with Crippen molar-refractivity contribution in [3.05, 3.63) is 0 Å². The predicted molar refractivity (Wildman–Crippen MR) is 145 cm³/mol. The maximum absolute atomic E-state index is 11.4. The van der Waals surface area contributed by atoms with Crippen LogP contribution in [0, 0.1) is 5.92 Å². The van der Waals surface area contributed by atoms with Gasteiger partial charge in [-0.3, -0.25) is 0 Å². The van der Waals surface area contributed by atoms with Crippen LogP contribution in [0.15, 0.2) is 0 Å². The minimum absolute atomic E-state index is 0.0345. The van der Waals surface area contributed by atoms with Gasteiger partial charge in [0.15, 0.2) is 18.9 Å². The van der Waals surface area contributed by atoms with Crippen molar-refractivity contribution in [3.63, 3.8) is 0 Å². The zero-order valence-electron chi connectivity index (χ0n) is 23.6. The van der Waals surface area contributed by atoms with Gasteiger partial charge in [0, 0.05) is 25.7 Å². The second-order valence-corrected chi connectivity index (χ2v) is 11.7. The first kappa shape index (κ1) is 33.3. The fraction of sp³-hybridized carbons (Fsp3) is 1.00. The van der Waals surface area contributed by atoms with Crippen LogP contribution in [-0.2, 0) is 28.4 Å². The van der Waals surface area contributed by atoms with Crippen molar-refractivity contribution in [1.82, 2.24) is 0 Å². The molecular weight excluding hydrogens is 542 g/mol. The molecule has 0 aromatic carbocycles. The van der Waals surface area contributed by atoms with Gasteiger partial charge in [-0.05, 0) is 50.9 Å². The van der Waals surface area contributed by atoms with Gasteiger partial charge in [-0.15, -0.1) is 0 Å². The number of nitrogens with two attached hydrogens (primary N) is 5. The first-order valence-corrected chi connectivity index (χ1v) is 14.9. The molecule has 1 aliphatic carbocycles. The Kier molecular flexibility index (Phi) is 12.5. The van der Waals surface area contributed by atoms with Gasteiger partial charge in [0.1, 0.15) is 30.5 Å². The first-order valence-electron chi connectivity index (χ1n) is 14.9. The first-order chi connectivity index (χ1) is 19.7. The summed E-state index contributed by atoms with van der Waals surface area (Å²) >= 11 is 0. The Bertz CT molecular complexity index is 791. The van der Waals surface area contributed by atoms with Crippen LogP contribution >= 0.6 is 0 Å². The van der Waals surface area contributed by atoms with Crippen molar-refractivity contribution in [2.75, 3.05) is 26.3 Å². The summed E-state index contributed by atoms with van der Waals surface area (Å²) in [6.07, 6.45) is -5.74. The molecule has 0 unspecified atom stereocenters. The van der Waals surface area contributed by atoms with Crippen molar-refractivity contribution in [2.45, 2.75) is 131 Å². The molecule has 14 N–H and O–H groups in total. The highest BCUT2D eigenvalue weighted by Crippen LogP contribution is 2.37. The van der Waals surface area contributed by atoms with Crippen LogP contribution in [0.3, 0.4) is 0 Å². The molecule has 240 valence electrons. The molecule has 15 heteroatoms. The van der Waals surface area contributed by atoms with E-state index < -0.39 is 80.2 Å². The minimum Gasteiger partial charge on any atom is -0.396 e. The molecule has 3 aliphatic heterocycles. The van der Waals surface area contributed by atoms with Crippen molar-refractivity contribution in [1.29, 1.82) is 0 Å². The third-order valence-corrected chi connectivity index (χ3v) is 8.74. The summed E-state index contributed by atoms with van der Waals surface area (Å²) in [5.41, 5.74) is 30.6. The minimum atomic E-state index is -1.36. The smallest absolute Gasteiger partial charge is 0.187 e. The molecule has 3 saturated heterocycles. The van der Waals surface area contributed by atoms with Gasteiger partial charge < -0.3 is 77.5 Å². The lowest BCUT2D eigenvalue weighted by Crippen LogP contribution is -2.62. The Hall–Kier alpha value is -0.600. The number of aliphatic hydroxyl groups excluding tert-OH is 4. The van der Waals surface area contributed by atoms with Gasteiger partial charge in [-0.1, -0.05) is 0 Å². The summed E-state index contributed by atoms with van der Waals surface area (Å²) in [5, 5.41) is 42.1. The fourth-order valence-electron chi connectivity index (χ4n) is 6.26. The third kappa shape index (κ3) is 7.92.